The topological polar surface area (TPSA) is 93.1 Å². The van der Waals surface area contributed by atoms with Crippen LogP contribution in [0.15, 0.2) is 18.2 Å². The smallest absolute Gasteiger partial charge is 0.240 e. The summed E-state index contributed by atoms with van der Waals surface area (Å²) in [4.78, 5) is 37.8. The van der Waals surface area contributed by atoms with E-state index in [-0.39, 0.29) is 29.1 Å². The van der Waals surface area contributed by atoms with Crippen molar-refractivity contribution in [3.05, 3.63) is 46.1 Å². The predicted octanol–water partition coefficient (Wildman–Crippen LogP) is 1.28. The van der Waals surface area contributed by atoms with Crippen molar-refractivity contribution >= 4 is 36.0 Å². The molecule has 23 heavy (non-hydrogen) atoms. The van der Waals surface area contributed by atoms with Gasteiger partial charge in [0.2, 0.25) is 12.3 Å². The number of halogens is 2. The van der Waals surface area contributed by atoms with E-state index in [1.165, 1.54) is 22.8 Å². The summed E-state index contributed by atoms with van der Waals surface area (Å²) in [5.74, 6) is -0.832. The van der Waals surface area contributed by atoms with Gasteiger partial charge in [0.25, 0.3) is 0 Å². The van der Waals surface area contributed by atoms with Gasteiger partial charge in [-0.25, -0.2) is 9.37 Å². The Labute approximate surface area is 134 Å². The maximum Gasteiger partial charge on any atom is 0.240 e. The molecule has 2 N–H and O–H groups in total. The first-order chi connectivity index (χ1) is 11.0. The van der Waals surface area contributed by atoms with Gasteiger partial charge in [-0.15, -0.1) is 0 Å². The molecule has 118 valence electrons. The molecule has 0 aliphatic carbocycles. The Kier molecular flexibility index (Phi) is 3.83. The van der Waals surface area contributed by atoms with Gasteiger partial charge in [-0.05, 0) is 18.2 Å². The molecule has 7 nitrogen and oxygen atoms in total. The van der Waals surface area contributed by atoms with Crippen LogP contribution in [0, 0.1) is 5.82 Å². The first-order valence-corrected chi connectivity index (χ1v) is 6.93. The number of nitrogens with one attached hydrogen (secondary N) is 2. The number of nitrogens with zero attached hydrogens (tertiary/aromatic N) is 2. The molecule has 0 unspecified atom stereocenters. The average molecular weight is 337 g/mol. The molecular weight excluding hydrogens is 327 g/mol. The molecular formula is C14H10ClFN4O3. The van der Waals surface area contributed by atoms with Crippen molar-refractivity contribution in [2.24, 2.45) is 0 Å². The third-order valence-corrected chi connectivity index (χ3v) is 3.83. The van der Waals surface area contributed by atoms with E-state index in [1.807, 2.05) is 0 Å². The molecule has 1 aliphatic rings. The standard InChI is InChI=1S/C14H10ClFN4O3/c15-9-2-1-7(16)3-8(9)12-13-14(17-6-22)18-10(5-21)20(13)4-11(23)19-12/h1-3,5-6,12H,4H2,(H,17,22)(H,19,23)/t12-/m0/s1. The van der Waals surface area contributed by atoms with Crippen molar-refractivity contribution in [1.29, 1.82) is 0 Å². The fraction of sp³-hybridized carbons (Fsp3) is 0.143. The summed E-state index contributed by atoms with van der Waals surface area (Å²) in [6.07, 6.45) is 0.876. The number of carbonyl (C=O) groups excluding carboxylic acids is 3. The first-order valence-electron chi connectivity index (χ1n) is 6.55. The van der Waals surface area contributed by atoms with Crippen molar-refractivity contribution < 1.29 is 18.8 Å². The van der Waals surface area contributed by atoms with Gasteiger partial charge >= 0.3 is 0 Å². The Morgan fingerprint density at radius 1 is 1.43 bits per heavy atom. The minimum absolute atomic E-state index is 0.0169. The number of fused-ring (bicyclic) bond motifs is 1. The molecule has 0 saturated heterocycles. The van der Waals surface area contributed by atoms with Gasteiger partial charge in [0, 0.05) is 10.6 Å². The minimum atomic E-state index is -0.844. The van der Waals surface area contributed by atoms with E-state index < -0.39 is 11.9 Å². The second kappa shape index (κ2) is 5.81. The zero-order valence-corrected chi connectivity index (χ0v) is 12.3. The van der Waals surface area contributed by atoms with Crippen LogP contribution in [0.3, 0.4) is 0 Å². The number of hydrogen-bond donors (Lipinski definition) is 2. The third kappa shape index (κ3) is 2.57. The van der Waals surface area contributed by atoms with Crippen molar-refractivity contribution in [1.82, 2.24) is 14.9 Å². The second-order valence-electron chi connectivity index (χ2n) is 4.84. The molecule has 2 aromatic rings. The monoisotopic (exact) mass is 336 g/mol. The summed E-state index contributed by atoms with van der Waals surface area (Å²) in [6.45, 7) is -0.139. The van der Waals surface area contributed by atoms with E-state index in [2.05, 4.69) is 15.6 Å². The zero-order valence-electron chi connectivity index (χ0n) is 11.5. The number of anilines is 1. The maximum atomic E-state index is 13.6. The lowest BCUT2D eigenvalue weighted by Gasteiger charge is -2.27. The van der Waals surface area contributed by atoms with Gasteiger partial charge < -0.3 is 15.2 Å². The molecule has 0 saturated carbocycles. The molecule has 2 amide bonds. The second-order valence-corrected chi connectivity index (χ2v) is 5.24. The number of benzene rings is 1. The highest BCUT2D eigenvalue weighted by molar-refractivity contribution is 6.31. The van der Waals surface area contributed by atoms with Crippen LogP contribution in [-0.2, 0) is 16.1 Å². The summed E-state index contributed by atoms with van der Waals surface area (Å²) in [5, 5.41) is 5.28. The largest absolute Gasteiger partial charge is 0.342 e. The fourth-order valence-corrected chi connectivity index (χ4v) is 2.80. The molecule has 0 bridgehead atoms. The molecule has 1 aromatic carbocycles. The first kappa shape index (κ1) is 15.2. The van der Waals surface area contributed by atoms with Gasteiger partial charge in [0.1, 0.15) is 12.4 Å². The Morgan fingerprint density at radius 3 is 2.91 bits per heavy atom. The van der Waals surface area contributed by atoms with Crippen LogP contribution in [-0.4, -0.2) is 28.2 Å². The van der Waals surface area contributed by atoms with Gasteiger partial charge in [-0.2, -0.15) is 0 Å². The Morgan fingerprint density at radius 2 is 2.22 bits per heavy atom. The van der Waals surface area contributed by atoms with Crippen LogP contribution >= 0.6 is 11.6 Å². The van der Waals surface area contributed by atoms with Crippen molar-refractivity contribution in [2.75, 3.05) is 5.32 Å². The van der Waals surface area contributed by atoms with Gasteiger partial charge in [0.05, 0.1) is 11.7 Å². The summed E-state index contributed by atoms with van der Waals surface area (Å²) in [5.41, 5.74) is 0.651. The number of carbonyl (C=O) groups is 3. The molecule has 1 aliphatic heterocycles. The normalized spacial score (nSPS) is 16.4. The number of hydrogen-bond acceptors (Lipinski definition) is 4. The zero-order chi connectivity index (χ0) is 16.6. The number of amides is 2. The number of aldehydes is 1. The lowest BCUT2D eigenvalue weighted by molar-refractivity contribution is -0.123. The highest BCUT2D eigenvalue weighted by atomic mass is 35.5. The molecule has 0 radical (unpaired) electrons. The molecule has 0 spiro atoms. The molecule has 1 atom stereocenters. The maximum absolute atomic E-state index is 13.6. The van der Waals surface area contributed by atoms with Gasteiger partial charge in [-0.3, -0.25) is 14.4 Å². The highest BCUT2D eigenvalue weighted by Gasteiger charge is 2.33. The van der Waals surface area contributed by atoms with E-state index in [0.717, 1.165) is 0 Å². The van der Waals surface area contributed by atoms with Crippen LogP contribution in [0.1, 0.15) is 27.9 Å². The van der Waals surface area contributed by atoms with E-state index in [0.29, 0.717) is 24.0 Å². The predicted molar refractivity (Wildman–Crippen MR) is 78.7 cm³/mol. The van der Waals surface area contributed by atoms with E-state index in [9.17, 15) is 18.8 Å². The highest BCUT2D eigenvalue weighted by Crippen LogP contribution is 2.35. The molecule has 9 heteroatoms. The van der Waals surface area contributed by atoms with Gasteiger partial charge in [0.15, 0.2) is 17.9 Å². The van der Waals surface area contributed by atoms with Crippen molar-refractivity contribution in [3.8, 4) is 0 Å². The van der Waals surface area contributed by atoms with Crippen LogP contribution < -0.4 is 10.6 Å². The van der Waals surface area contributed by atoms with E-state index in [1.54, 1.807) is 0 Å². The average Bonchev–Trinajstić information content (AvgIpc) is 2.87. The Balaban J connectivity index is 2.23. The fourth-order valence-electron chi connectivity index (χ4n) is 2.57. The quantitative estimate of drug-likeness (QED) is 0.822. The molecule has 3 rings (SSSR count). The van der Waals surface area contributed by atoms with E-state index in [4.69, 9.17) is 11.6 Å². The minimum Gasteiger partial charge on any atom is -0.342 e. The lowest BCUT2D eigenvalue weighted by Crippen LogP contribution is -2.39. The summed E-state index contributed by atoms with van der Waals surface area (Å²) < 4.78 is 14.9. The summed E-state index contributed by atoms with van der Waals surface area (Å²) in [7, 11) is 0. The molecule has 0 fully saturated rings. The SMILES string of the molecule is O=CNc1nc(C=O)n2c1[C@H](c1cc(F)ccc1Cl)NC(=O)C2. The van der Waals surface area contributed by atoms with E-state index >= 15 is 0 Å². The number of imidazole rings is 1. The Bertz CT molecular complexity index is 821. The molecule has 1 aromatic heterocycles. The summed E-state index contributed by atoms with van der Waals surface area (Å²) >= 11 is 6.11. The lowest BCUT2D eigenvalue weighted by atomic mass is 10.0. The number of rotatable bonds is 4. The van der Waals surface area contributed by atoms with Crippen LogP contribution in [0.5, 0.6) is 0 Å². The van der Waals surface area contributed by atoms with Crippen LogP contribution in [0.2, 0.25) is 5.02 Å². The van der Waals surface area contributed by atoms with Crippen molar-refractivity contribution in [2.45, 2.75) is 12.6 Å². The van der Waals surface area contributed by atoms with Crippen LogP contribution in [0.25, 0.3) is 0 Å². The Hall–Kier alpha value is -2.74. The van der Waals surface area contributed by atoms with Crippen LogP contribution in [0.4, 0.5) is 10.2 Å². The molecule has 2 heterocycles. The third-order valence-electron chi connectivity index (χ3n) is 3.49. The van der Waals surface area contributed by atoms with Gasteiger partial charge in [-0.1, -0.05) is 11.6 Å². The number of aromatic nitrogens is 2. The summed E-state index contributed by atoms with van der Waals surface area (Å²) in [6, 6.07) is 2.89. The van der Waals surface area contributed by atoms with Crippen molar-refractivity contribution in [3.63, 3.8) is 0 Å².